The molecule has 3 rings (SSSR count). The smallest absolute Gasteiger partial charge is 0.339 e. The number of fused-ring (bicyclic) bond motifs is 1. The molecule has 0 amide bonds. The van der Waals surface area contributed by atoms with Crippen LogP contribution in [-0.2, 0) is 4.74 Å². The van der Waals surface area contributed by atoms with Gasteiger partial charge in [0, 0.05) is 17.2 Å². The molecular weight excluding hydrogens is 284 g/mol. The Morgan fingerprint density at radius 1 is 0.864 bits per heavy atom. The van der Waals surface area contributed by atoms with Gasteiger partial charge in [0.1, 0.15) is 17.2 Å². The average Bonchev–Trinajstić information content (AvgIpc) is 2.90. The lowest BCUT2D eigenvalue weighted by atomic mass is 9.98. The van der Waals surface area contributed by atoms with Crippen LogP contribution in [0.5, 0.6) is 17.2 Å². The zero-order valence-electron chi connectivity index (χ0n) is 12.6. The molecule has 2 aromatic rings. The zero-order valence-corrected chi connectivity index (χ0v) is 12.6. The lowest BCUT2D eigenvalue weighted by Crippen LogP contribution is -2.02. The first-order valence-electron chi connectivity index (χ1n) is 6.78. The van der Waals surface area contributed by atoms with Gasteiger partial charge in [-0.3, -0.25) is 0 Å². The predicted molar refractivity (Wildman–Crippen MR) is 79.8 cm³/mol. The van der Waals surface area contributed by atoms with E-state index >= 15 is 0 Å². The number of carbonyl (C=O) groups excluding carboxylic acids is 1. The van der Waals surface area contributed by atoms with Gasteiger partial charge in [-0.05, 0) is 30.3 Å². The van der Waals surface area contributed by atoms with Crippen molar-refractivity contribution in [3.8, 4) is 17.2 Å². The third-order valence-electron chi connectivity index (χ3n) is 3.66. The lowest BCUT2D eigenvalue weighted by molar-refractivity contribution is 0.0455. The van der Waals surface area contributed by atoms with Crippen molar-refractivity contribution in [3.63, 3.8) is 0 Å². The van der Waals surface area contributed by atoms with E-state index in [0.717, 1.165) is 11.1 Å². The van der Waals surface area contributed by atoms with Crippen LogP contribution in [0, 0.1) is 0 Å². The fourth-order valence-corrected chi connectivity index (χ4v) is 2.53. The molecule has 0 aromatic heterocycles. The van der Waals surface area contributed by atoms with Crippen molar-refractivity contribution in [2.75, 3.05) is 21.3 Å². The minimum absolute atomic E-state index is 0.343. The maximum Gasteiger partial charge on any atom is 0.339 e. The Balaban J connectivity index is 2.09. The highest BCUT2D eigenvalue weighted by Gasteiger charge is 2.33. The summed E-state index contributed by atoms with van der Waals surface area (Å²) in [6.45, 7) is 0. The average molecular weight is 300 g/mol. The lowest BCUT2D eigenvalue weighted by Gasteiger charge is -2.14. The summed E-state index contributed by atoms with van der Waals surface area (Å²) < 4.78 is 21.3. The van der Waals surface area contributed by atoms with Gasteiger partial charge >= 0.3 is 5.97 Å². The van der Waals surface area contributed by atoms with Crippen molar-refractivity contribution in [1.82, 2.24) is 0 Å². The quantitative estimate of drug-likeness (QED) is 0.813. The Hall–Kier alpha value is -2.69. The second kappa shape index (κ2) is 5.60. The third-order valence-corrected chi connectivity index (χ3v) is 3.66. The van der Waals surface area contributed by atoms with E-state index in [-0.39, 0.29) is 5.97 Å². The summed E-state index contributed by atoms with van der Waals surface area (Å²) in [6.07, 6.45) is -0.499. The highest BCUT2D eigenvalue weighted by Crippen LogP contribution is 2.40. The van der Waals surface area contributed by atoms with Crippen LogP contribution in [0.1, 0.15) is 27.6 Å². The molecule has 2 aromatic carbocycles. The van der Waals surface area contributed by atoms with Gasteiger partial charge in [-0.1, -0.05) is 0 Å². The maximum atomic E-state index is 12.0. The Labute approximate surface area is 128 Å². The third kappa shape index (κ3) is 2.35. The molecule has 0 radical (unpaired) electrons. The molecule has 1 atom stereocenters. The van der Waals surface area contributed by atoms with E-state index in [1.807, 2.05) is 18.2 Å². The second-order valence-corrected chi connectivity index (χ2v) is 4.88. The predicted octanol–water partition coefficient (Wildman–Crippen LogP) is 2.97. The van der Waals surface area contributed by atoms with E-state index in [0.29, 0.717) is 22.8 Å². The van der Waals surface area contributed by atoms with Crippen molar-refractivity contribution in [2.24, 2.45) is 0 Å². The van der Waals surface area contributed by atoms with Gasteiger partial charge in [0.2, 0.25) is 0 Å². The van der Waals surface area contributed by atoms with E-state index in [4.69, 9.17) is 18.9 Å². The van der Waals surface area contributed by atoms with Gasteiger partial charge in [-0.15, -0.1) is 0 Å². The van der Waals surface area contributed by atoms with Crippen LogP contribution < -0.4 is 14.2 Å². The summed E-state index contributed by atoms with van der Waals surface area (Å²) in [5.74, 6) is 1.62. The summed E-state index contributed by atoms with van der Waals surface area (Å²) in [5, 5.41) is 0. The molecule has 5 heteroatoms. The topological polar surface area (TPSA) is 54.0 Å². The molecule has 0 saturated heterocycles. The zero-order chi connectivity index (χ0) is 15.7. The van der Waals surface area contributed by atoms with Gasteiger partial charge < -0.3 is 18.9 Å². The first kappa shape index (κ1) is 14.3. The van der Waals surface area contributed by atoms with Crippen LogP contribution in [0.2, 0.25) is 0 Å². The summed E-state index contributed by atoms with van der Waals surface area (Å²) >= 11 is 0. The SMILES string of the molecule is COc1cc(OC)cc(C2OC(=O)c3ccc(OC)cc32)c1. The molecule has 1 heterocycles. The number of carbonyl (C=O) groups is 1. The Morgan fingerprint density at radius 2 is 1.50 bits per heavy atom. The largest absolute Gasteiger partial charge is 0.497 e. The van der Waals surface area contributed by atoms with E-state index in [2.05, 4.69) is 0 Å². The molecule has 0 saturated carbocycles. The van der Waals surface area contributed by atoms with Gasteiger partial charge in [0.15, 0.2) is 6.10 Å². The minimum Gasteiger partial charge on any atom is -0.497 e. The highest BCUT2D eigenvalue weighted by molar-refractivity contribution is 5.94. The van der Waals surface area contributed by atoms with E-state index in [1.165, 1.54) is 0 Å². The molecule has 0 fully saturated rings. The normalized spacial score (nSPS) is 16.0. The highest BCUT2D eigenvalue weighted by atomic mass is 16.5. The number of cyclic esters (lactones) is 1. The van der Waals surface area contributed by atoms with Gasteiger partial charge in [-0.25, -0.2) is 4.79 Å². The number of hydrogen-bond acceptors (Lipinski definition) is 5. The molecular formula is C17H16O5. The molecule has 1 aliphatic heterocycles. The minimum atomic E-state index is -0.499. The number of ether oxygens (including phenoxy) is 4. The fourth-order valence-electron chi connectivity index (χ4n) is 2.53. The van der Waals surface area contributed by atoms with Crippen molar-refractivity contribution in [2.45, 2.75) is 6.10 Å². The van der Waals surface area contributed by atoms with Gasteiger partial charge in [0.25, 0.3) is 0 Å². The molecule has 1 aliphatic rings. The molecule has 114 valence electrons. The monoisotopic (exact) mass is 300 g/mol. The number of rotatable bonds is 4. The molecule has 0 bridgehead atoms. The van der Waals surface area contributed by atoms with Crippen LogP contribution >= 0.6 is 0 Å². The molecule has 0 N–H and O–H groups in total. The Morgan fingerprint density at radius 3 is 2.09 bits per heavy atom. The van der Waals surface area contributed by atoms with Crippen LogP contribution in [0.15, 0.2) is 36.4 Å². The molecule has 22 heavy (non-hydrogen) atoms. The standard InChI is InChI=1S/C17H16O5/c1-19-11-4-5-14-15(9-11)16(22-17(14)18)10-6-12(20-2)8-13(7-10)21-3/h4-9,16H,1-3H3. The maximum absolute atomic E-state index is 12.0. The van der Waals surface area contributed by atoms with Gasteiger partial charge in [0.05, 0.1) is 26.9 Å². The van der Waals surface area contributed by atoms with Crippen molar-refractivity contribution < 1.29 is 23.7 Å². The first-order chi connectivity index (χ1) is 10.7. The van der Waals surface area contributed by atoms with Crippen LogP contribution in [0.3, 0.4) is 0 Å². The number of hydrogen-bond donors (Lipinski definition) is 0. The van der Waals surface area contributed by atoms with Gasteiger partial charge in [-0.2, -0.15) is 0 Å². The van der Waals surface area contributed by atoms with E-state index in [9.17, 15) is 4.79 Å². The fraction of sp³-hybridized carbons (Fsp3) is 0.235. The molecule has 1 unspecified atom stereocenters. The van der Waals surface area contributed by atoms with Crippen LogP contribution in [0.4, 0.5) is 0 Å². The van der Waals surface area contributed by atoms with Crippen molar-refractivity contribution in [1.29, 1.82) is 0 Å². The van der Waals surface area contributed by atoms with Crippen molar-refractivity contribution >= 4 is 5.97 Å². The Kier molecular flexibility index (Phi) is 3.63. The number of esters is 1. The summed E-state index contributed by atoms with van der Waals surface area (Å²) in [4.78, 5) is 12.0. The van der Waals surface area contributed by atoms with E-state index in [1.54, 1.807) is 39.5 Å². The van der Waals surface area contributed by atoms with E-state index < -0.39 is 6.10 Å². The molecule has 5 nitrogen and oxygen atoms in total. The summed E-state index contributed by atoms with van der Waals surface area (Å²) in [6, 6.07) is 10.7. The summed E-state index contributed by atoms with van der Waals surface area (Å²) in [5.41, 5.74) is 2.11. The summed E-state index contributed by atoms with van der Waals surface area (Å²) in [7, 11) is 4.75. The molecule has 0 aliphatic carbocycles. The second-order valence-electron chi connectivity index (χ2n) is 4.88. The number of methoxy groups -OCH3 is 3. The van der Waals surface area contributed by atoms with Crippen LogP contribution in [-0.4, -0.2) is 27.3 Å². The van der Waals surface area contributed by atoms with Crippen molar-refractivity contribution in [3.05, 3.63) is 53.1 Å². The molecule has 0 spiro atoms. The van der Waals surface area contributed by atoms with Crippen LogP contribution in [0.25, 0.3) is 0 Å². The Bertz CT molecular complexity index is 701. The first-order valence-corrected chi connectivity index (χ1v) is 6.78. The number of benzene rings is 2.